The molecule has 84 valence electrons. The molecule has 1 aliphatic heterocycles. The maximum absolute atomic E-state index is 9.49. The number of nitrogens with zero attached hydrogens (tertiary/aromatic N) is 2. The van der Waals surface area contributed by atoms with Gasteiger partial charge in [0.05, 0.1) is 6.07 Å². The summed E-state index contributed by atoms with van der Waals surface area (Å²) in [5.41, 5.74) is -0.0903. The zero-order valence-electron chi connectivity index (χ0n) is 9.84. The third-order valence-corrected chi connectivity index (χ3v) is 4.27. The van der Waals surface area contributed by atoms with Crippen LogP contribution in [0.3, 0.4) is 0 Å². The van der Waals surface area contributed by atoms with Crippen molar-refractivity contribution in [3.05, 3.63) is 0 Å². The number of nitriles is 1. The number of likely N-dealkylation sites (tertiary alicyclic amines) is 1. The van der Waals surface area contributed by atoms with E-state index in [1.165, 1.54) is 32.1 Å². The SMILES string of the molecule is CC1CCC(C#N)(N2CCCCC2)CC1. The second kappa shape index (κ2) is 4.53. The minimum absolute atomic E-state index is 0.0903. The first kappa shape index (κ1) is 11.0. The zero-order chi connectivity index (χ0) is 10.7. The van der Waals surface area contributed by atoms with Gasteiger partial charge in [0, 0.05) is 0 Å². The molecule has 0 aromatic rings. The molecule has 0 aromatic carbocycles. The molecule has 0 atom stereocenters. The lowest BCUT2D eigenvalue weighted by Gasteiger charge is -2.44. The molecular formula is C13H22N2. The van der Waals surface area contributed by atoms with Crippen LogP contribution in [0, 0.1) is 17.2 Å². The average molecular weight is 206 g/mol. The second-order valence-electron chi connectivity index (χ2n) is 5.37. The number of hydrogen-bond donors (Lipinski definition) is 0. The van der Waals surface area contributed by atoms with E-state index < -0.39 is 0 Å². The maximum Gasteiger partial charge on any atom is 0.109 e. The topological polar surface area (TPSA) is 27.0 Å². The fourth-order valence-corrected chi connectivity index (χ4v) is 3.06. The smallest absolute Gasteiger partial charge is 0.109 e. The van der Waals surface area contributed by atoms with E-state index in [0.29, 0.717) is 0 Å². The van der Waals surface area contributed by atoms with E-state index in [-0.39, 0.29) is 5.54 Å². The first-order valence-electron chi connectivity index (χ1n) is 6.43. The predicted octanol–water partition coefficient (Wildman–Crippen LogP) is 2.94. The number of hydrogen-bond acceptors (Lipinski definition) is 2. The highest BCUT2D eigenvalue weighted by Gasteiger charge is 2.39. The van der Waals surface area contributed by atoms with E-state index >= 15 is 0 Å². The van der Waals surface area contributed by atoms with Crippen LogP contribution in [-0.2, 0) is 0 Å². The molecule has 0 N–H and O–H groups in total. The molecule has 0 bridgehead atoms. The largest absolute Gasteiger partial charge is 0.286 e. The normalized spacial score (nSPS) is 38.5. The summed E-state index contributed by atoms with van der Waals surface area (Å²) in [4.78, 5) is 2.47. The molecular weight excluding hydrogens is 184 g/mol. The molecule has 0 amide bonds. The van der Waals surface area contributed by atoms with Crippen molar-refractivity contribution in [1.82, 2.24) is 4.90 Å². The van der Waals surface area contributed by atoms with E-state index in [4.69, 9.17) is 0 Å². The summed E-state index contributed by atoms with van der Waals surface area (Å²) in [6.07, 6.45) is 8.62. The van der Waals surface area contributed by atoms with Crippen LogP contribution in [0.25, 0.3) is 0 Å². The average Bonchev–Trinajstić information content (AvgIpc) is 2.32. The van der Waals surface area contributed by atoms with Crippen molar-refractivity contribution in [3.63, 3.8) is 0 Å². The summed E-state index contributed by atoms with van der Waals surface area (Å²) in [7, 11) is 0. The lowest BCUT2D eigenvalue weighted by Crippen LogP contribution is -2.51. The second-order valence-corrected chi connectivity index (χ2v) is 5.37. The van der Waals surface area contributed by atoms with Crippen LogP contribution in [0.2, 0.25) is 0 Å². The van der Waals surface area contributed by atoms with Crippen molar-refractivity contribution in [3.8, 4) is 6.07 Å². The Kier molecular flexibility index (Phi) is 3.31. The molecule has 0 unspecified atom stereocenters. The van der Waals surface area contributed by atoms with Gasteiger partial charge in [-0.25, -0.2) is 0 Å². The molecule has 0 radical (unpaired) electrons. The lowest BCUT2D eigenvalue weighted by atomic mass is 9.76. The van der Waals surface area contributed by atoms with Crippen molar-refractivity contribution in [2.45, 2.75) is 57.4 Å². The Hall–Kier alpha value is -0.550. The Morgan fingerprint density at radius 3 is 2.27 bits per heavy atom. The Balaban J connectivity index is 2.04. The molecule has 2 nitrogen and oxygen atoms in total. The van der Waals surface area contributed by atoms with Crippen LogP contribution < -0.4 is 0 Å². The van der Waals surface area contributed by atoms with E-state index in [9.17, 15) is 5.26 Å². The monoisotopic (exact) mass is 206 g/mol. The van der Waals surface area contributed by atoms with Crippen LogP contribution in [0.15, 0.2) is 0 Å². The third kappa shape index (κ3) is 2.18. The van der Waals surface area contributed by atoms with Gasteiger partial charge >= 0.3 is 0 Å². The predicted molar refractivity (Wildman–Crippen MR) is 61.4 cm³/mol. The van der Waals surface area contributed by atoms with Gasteiger partial charge in [-0.15, -0.1) is 0 Å². The van der Waals surface area contributed by atoms with Crippen LogP contribution in [-0.4, -0.2) is 23.5 Å². The fraction of sp³-hybridized carbons (Fsp3) is 0.923. The van der Waals surface area contributed by atoms with Gasteiger partial charge in [-0.2, -0.15) is 5.26 Å². The van der Waals surface area contributed by atoms with Gasteiger partial charge in [-0.05, 0) is 57.5 Å². The quantitative estimate of drug-likeness (QED) is 0.659. The zero-order valence-corrected chi connectivity index (χ0v) is 9.84. The van der Waals surface area contributed by atoms with Crippen LogP contribution in [0.1, 0.15) is 51.9 Å². The third-order valence-electron chi connectivity index (χ3n) is 4.27. The molecule has 0 aromatic heterocycles. The first-order valence-corrected chi connectivity index (χ1v) is 6.43. The molecule has 1 aliphatic carbocycles. The lowest BCUT2D eigenvalue weighted by molar-refractivity contribution is 0.0658. The van der Waals surface area contributed by atoms with Gasteiger partial charge in [0.15, 0.2) is 0 Å². The Bertz CT molecular complexity index is 240. The minimum atomic E-state index is -0.0903. The van der Waals surface area contributed by atoms with Crippen molar-refractivity contribution in [2.24, 2.45) is 5.92 Å². The summed E-state index contributed by atoms with van der Waals surface area (Å²) in [5, 5.41) is 9.49. The molecule has 1 saturated heterocycles. The van der Waals surface area contributed by atoms with Gasteiger partial charge in [-0.1, -0.05) is 13.3 Å². The maximum atomic E-state index is 9.49. The number of piperidine rings is 1. The van der Waals surface area contributed by atoms with Gasteiger partial charge in [-0.3, -0.25) is 4.90 Å². The molecule has 1 saturated carbocycles. The molecule has 2 heteroatoms. The highest BCUT2D eigenvalue weighted by atomic mass is 15.2. The van der Waals surface area contributed by atoms with Gasteiger partial charge < -0.3 is 0 Å². The molecule has 15 heavy (non-hydrogen) atoms. The van der Waals surface area contributed by atoms with Gasteiger partial charge in [0.1, 0.15) is 5.54 Å². The van der Waals surface area contributed by atoms with Gasteiger partial charge in [0.2, 0.25) is 0 Å². The summed E-state index contributed by atoms with van der Waals surface area (Å²) < 4.78 is 0. The van der Waals surface area contributed by atoms with Crippen LogP contribution in [0.5, 0.6) is 0 Å². The summed E-state index contributed by atoms with van der Waals surface area (Å²) in [6, 6.07) is 2.63. The Labute approximate surface area is 93.3 Å². The van der Waals surface area contributed by atoms with E-state index in [0.717, 1.165) is 31.8 Å². The Morgan fingerprint density at radius 2 is 1.73 bits per heavy atom. The number of rotatable bonds is 1. The van der Waals surface area contributed by atoms with Crippen molar-refractivity contribution >= 4 is 0 Å². The van der Waals surface area contributed by atoms with Crippen LogP contribution >= 0.6 is 0 Å². The molecule has 2 aliphatic rings. The van der Waals surface area contributed by atoms with E-state index in [1.807, 2.05) is 0 Å². The molecule has 0 spiro atoms. The van der Waals surface area contributed by atoms with Crippen molar-refractivity contribution < 1.29 is 0 Å². The summed E-state index contributed by atoms with van der Waals surface area (Å²) in [6.45, 7) is 4.63. The molecule has 2 rings (SSSR count). The van der Waals surface area contributed by atoms with Crippen molar-refractivity contribution in [2.75, 3.05) is 13.1 Å². The van der Waals surface area contributed by atoms with Crippen LogP contribution in [0.4, 0.5) is 0 Å². The highest BCUT2D eigenvalue weighted by molar-refractivity contribution is 5.10. The van der Waals surface area contributed by atoms with E-state index in [1.54, 1.807) is 0 Å². The summed E-state index contributed by atoms with van der Waals surface area (Å²) >= 11 is 0. The van der Waals surface area contributed by atoms with E-state index in [2.05, 4.69) is 17.9 Å². The first-order chi connectivity index (χ1) is 7.27. The standard InChI is InChI=1S/C13H22N2/c1-12-5-7-13(11-14,8-6-12)15-9-3-2-4-10-15/h12H,2-10H2,1H3. The highest BCUT2D eigenvalue weighted by Crippen LogP contribution is 2.37. The molecule has 1 heterocycles. The summed E-state index contributed by atoms with van der Waals surface area (Å²) in [5.74, 6) is 0.830. The van der Waals surface area contributed by atoms with Gasteiger partial charge in [0.25, 0.3) is 0 Å². The minimum Gasteiger partial charge on any atom is -0.286 e. The molecule has 2 fully saturated rings. The van der Waals surface area contributed by atoms with Crippen molar-refractivity contribution in [1.29, 1.82) is 5.26 Å². The fourth-order valence-electron chi connectivity index (χ4n) is 3.06. The Morgan fingerprint density at radius 1 is 1.13 bits per heavy atom.